The maximum Gasteiger partial charge on any atom is 0.471 e. The molecule has 0 fully saturated rings. The second-order valence-corrected chi connectivity index (χ2v) is 3.56. The van der Waals surface area contributed by atoms with E-state index < -0.39 is 24.1 Å². The van der Waals surface area contributed by atoms with Gasteiger partial charge in [-0.3, -0.25) is 4.79 Å². The highest BCUT2D eigenvalue weighted by Gasteiger charge is 2.40. The number of carbonyl (C=O) groups excluding carboxylic acids is 1. The number of halogens is 3. The van der Waals surface area contributed by atoms with Crippen molar-refractivity contribution in [3.63, 3.8) is 0 Å². The van der Waals surface area contributed by atoms with Crippen LogP contribution < -0.4 is 5.32 Å². The Balaban J connectivity index is 2.76. The molecule has 1 heterocycles. The van der Waals surface area contributed by atoms with E-state index in [9.17, 15) is 22.8 Å². The first-order chi connectivity index (χ1) is 8.21. The number of amides is 1. The lowest BCUT2D eigenvalue weighted by molar-refractivity contribution is -0.175. The molecule has 0 saturated heterocycles. The smallest absolute Gasteiger partial charge is 0.471 e. The van der Waals surface area contributed by atoms with E-state index in [0.29, 0.717) is 5.69 Å². The summed E-state index contributed by atoms with van der Waals surface area (Å²) in [7, 11) is 1.56. The molecule has 6 nitrogen and oxygen atoms in total. The molecule has 0 saturated carbocycles. The Bertz CT molecular complexity index is 455. The molecule has 1 aromatic heterocycles. The quantitative estimate of drug-likeness (QED) is 0.808. The van der Waals surface area contributed by atoms with Crippen LogP contribution in [0.3, 0.4) is 0 Å². The number of carbonyl (C=O) groups is 2. The fourth-order valence-electron chi connectivity index (χ4n) is 1.23. The summed E-state index contributed by atoms with van der Waals surface area (Å²) >= 11 is 0. The maximum atomic E-state index is 12.0. The summed E-state index contributed by atoms with van der Waals surface area (Å²) in [6, 6.07) is -1.66. The van der Waals surface area contributed by atoms with Gasteiger partial charge in [-0.15, -0.1) is 0 Å². The zero-order valence-electron chi connectivity index (χ0n) is 9.23. The van der Waals surface area contributed by atoms with Crippen molar-refractivity contribution in [3.8, 4) is 0 Å². The second-order valence-electron chi connectivity index (χ2n) is 3.56. The van der Waals surface area contributed by atoms with E-state index >= 15 is 0 Å². The molecular weight excluding hydrogens is 255 g/mol. The van der Waals surface area contributed by atoms with Crippen molar-refractivity contribution in [2.24, 2.45) is 7.05 Å². The zero-order valence-corrected chi connectivity index (χ0v) is 9.23. The van der Waals surface area contributed by atoms with E-state index in [-0.39, 0.29) is 6.42 Å². The van der Waals surface area contributed by atoms with E-state index in [1.54, 1.807) is 7.05 Å². The van der Waals surface area contributed by atoms with Crippen LogP contribution in [0.2, 0.25) is 0 Å². The molecule has 18 heavy (non-hydrogen) atoms. The van der Waals surface area contributed by atoms with Gasteiger partial charge in [0.2, 0.25) is 0 Å². The van der Waals surface area contributed by atoms with Crippen LogP contribution in [0.1, 0.15) is 5.69 Å². The second kappa shape index (κ2) is 5.07. The Labute approximate surface area is 99.4 Å². The van der Waals surface area contributed by atoms with Crippen molar-refractivity contribution in [2.75, 3.05) is 0 Å². The third-order valence-corrected chi connectivity index (χ3v) is 2.19. The Morgan fingerprint density at radius 1 is 1.56 bits per heavy atom. The lowest BCUT2D eigenvalue weighted by atomic mass is 10.1. The van der Waals surface area contributed by atoms with Gasteiger partial charge in [-0.1, -0.05) is 0 Å². The molecule has 0 bridgehead atoms. The van der Waals surface area contributed by atoms with Crippen LogP contribution in [0.15, 0.2) is 12.5 Å². The number of aliphatic carboxylic acids is 1. The Hall–Kier alpha value is -2.06. The summed E-state index contributed by atoms with van der Waals surface area (Å²) in [6.07, 6.45) is -2.71. The van der Waals surface area contributed by atoms with E-state index in [1.165, 1.54) is 22.4 Å². The lowest BCUT2D eigenvalue weighted by Crippen LogP contribution is -2.48. The number of aromatic nitrogens is 2. The Morgan fingerprint density at radius 2 is 2.17 bits per heavy atom. The molecule has 0 aliphatic heterocycles. The van der Waals surface area contributed by atoms with Crippen molar-refractivity contribution in [2.45, 2.75) is 18.6 Å². The molecule has 0 aliphatic carbocycles. The number of hydrogen-bond donors (Lipinski definition) is 2. The molecule has 2 N–H and O–H groups in total. The molecule has 0 radical (unpaired) electrons. The summed E-state index contributed by atoms with van der Waals surface area (Å²) in [5.41, 5.74) is 0.393. The van der Waals surface area contributed by atoms with Crippen molar-refractivity contribution in [1.82, 2.24) is 14.9 Å². The van der Waals surface area contributed by atoms with Crippen molar-refractivity contribution in [3.05, 3.63) is 18.2 Å². The minimum absolute atomic E-state index is 0.284. The number of aryl methyl sites for hydroxylation is 1. The number of carboxylic acids is 1. The average Bonchev–Trinajstić information content (AvgIpc) is 2.61. The first-order valence-electron chi connectivity index (χ1n) is 4.77. The van der Waals surface area contributed by atoms with Crippen LogP contribution in [0.5, 0.6) is 0 Å². The van der Waals surface area contributed by atoms with Gasteiger partial charge in [-0.2, -0.15) is 13.2 Å². The van der Waals surface area contributed by atoms with Crippen LogP contribution in [-0.4, -0.2) is 38.8 Å². The SMILES string of the molecule is Cn1cncc1C[C@H](NC(=O)C(F)(F)F)C(=O)O. The highest BCUT2D eigenvalue weighted by Crippen LogP contribution is 2.15. The molecule has 1 aromatic rings. The highest BCUT2D eigenvalue weighted by molar-refractivity contribution is 5.87. The van der Waals surface area contributed by atoms with Gasteiger partial charge in [0.25, 0.3) is 0 Å². The third-order valence-electron chi connectivity index (χ3n) is 2.19. The largest absolute Gasteiger partial charge is 0.480 e. The van der Waals surface area contributed by atoms with Crippen molar-refractivity contribution in [1.29, 1.82) is 0 Å². The van der Waals surface area contributed by atoms with Gasteiger partial charge >= 0.3 is 18.1 Å². The molecule has 9 heteroatoms. The number of hydrogen-bond acceptors (Lipinski definition) is 3. The van der Waals surface area contributed by atoms with Crippen LogP contribution in [0, 0.1) is 0 Å². The predicted molar refractivity (Wildman–Crippen MR) is 52.5 cm³/mol. The van der Waals surface area contributed by atoms with Crippen molar-refractivity contribution >= 4 is 11.9 Å². The fourth-order valence-corrected chi connectivity index (χ4v) is 1.23. The van der Waals surface area contributed by atoms with Crippen molar-refractivity contribution < 1.29 is 27.9 Å². The summed E-state index contributed by atoms with van der Waals surface area (Å²) in [5.74, 6) is -3.83. The van der Waals surface area contributed by atoms with Gasteiger partial charge < -0.3 is 15.0 Å². The predicted octanol–water partition coefficient (Wildman–Crippen LogP) is 0.0943. The van der Waals surface area contributed by atoms with E-state index in [4.69, 9.17) is 5.11 Å². The number of carboxylic acid groups (broad SMARTS) is 1. The van der Waals surface area contributed by atoms with Crippen LogP contribution in [-0.2, 0) is 23.1 Å². The molecular formula is C9H10F3N3O3. The monoisotopic (exact) mass is 265 g/mol. The molecule has 0 aliphatic rings. The van der Waals surface area contributed by atoms with E-state index in [2.05, 4.69) is 4.98 Å². The van der Waals surface area contributed by atoms with Gasteiger partial charge in [0.1, 0.15) is 6.04 Å². The van der Waals surface area contributed by atoms with E-state index in [1.807, 2.05) is 0 Å². The van der Waals surface area contributed by atoms with Gasteiger partial charge in [-0.25, -0.2) is 9.78 Å². The standard InChI is InChI=1S/C9H10F3N3O3/c1-15-4-13-3-5(15)2-6(7(16)17)14-8(18)9(10,11)12/h3-4,6H,2H2,1H3,(H,14,18)(H,16,17)/t6-/m0/s1. The summed E-state index contributed by atoms with van der Waals surface area (Å²) in [6.45, 7) is 0. The molecule has 1 amide bonds. The van der Waals surface area contributed by atoms with Crippen LogP contribution >= 0.6 is 0 Å². The van der Waals surface area contributed by atoms with Gasteiger partial charge in [0.05, 0.1) is 6.33 Å². The van der Waals surface area contributed by atoms with Crippen LogP contribution in [0.4, 0.5) is 13.2 Å². The number of alkyl halides is 3. The number of imidazole rings is 1. The van der Waals surface area contributed by atoms with Gasteiger partial charge in [0.15, 0.2) is 0 Å². The molecule has 100 valence electrons. The summed E-state index contributed by atoms with van der Waals surface area (Å²) in [5, 5.41) is 10.2. The Morgan fingerprint density at radius 3 is 2.56 bits per heavy atom. The molecule has 0 aromatic carbocycles. The minimum Gasteiger partial charge on any atom is -0.480 e. The Kier molecular flexibility index (Phi) is 3.94. The van der Waals surface area contributed by atoms with Gasteiger partial charge in [0, 0.05) is 25.4 Å². The lowest BCUT2D eigenvalue weighted by Gasteiger charge is -2.15. The number of rotatable bonds is 4. The number of nitrogens with zero attached hydrogens (tertiary/aromatic N) is 2. The maximum absolute atomic E-state index is 12.0. The summed E-state index contributed by atoms with van der Waals surface area (Å²) in [4.78, 5) is 25.2. The molecule has 0 spiro atoms. The van der Waals surface area contributed by atoms with Gasteiger partial charge in [-0.05, 0) is 0 Å². The first-order valence-corrected chi connectivity index (χ1v) is 4.77. The molecule has 1 rings (SSSR count). The third kappa shape index (κ3) is 3.47. The highest BCUT2D eigenvalue weighted by atomic mass is 19.4. The zero-order chi connectivity index (χ0) is 13.9. The average molecular weight is 265 g/mol. The number of nitrogens with one attached hydrogen (secondary N) is 1. The fraction of sp³-hybridized carbons (Fsp3) is 0.444. The molecule has 1 atom stereocenters. The van der Waals surface area contributed by atoms with E-state index in [0.717, 1.165) is 0 Å². The summed E-state index contributed by atoms with van der Waals surface area (Å²) < 4.78 is 37.5. The minimum atomic E-state index is -5.11. The molecule has 0 unspecified atom stereocenters. The topological polar surface area (TPSA) is 84.2 Å². The van der Waals surface area contributed by atoms with Crippen LogP contribution in [0.25, 0.3) is 0 Å². The first kappa shape index (κ1) is 14.0. The normalized spacial score (nSPS) is 13.1.